The first-order valence-electron chi connectivity index (χ1n) is 3.34. The van der Waals surface area contributed by atoms with Gasteiger partial charge in [-0.15, -0.1) is 11.6 Å². The van der Waals surface area contributed by atoms with E-state index in [0.29, 0.717) is 0 Å². The minimum absolute atomic E-state index is 0.0628. The van der Waals surface area contributed by atoms with Crippen LogP contribution < -0.4 is 5.73 Å². The molecule has 13 heavy (non-hydrogen) atoms. The van der Waals surface area contributed by atoms with Crippen LogP contribution >= 0.6 is 23.2 Å². The number of alkyl halides is 3. The number of nitrogens with zero attached hydrogens (tertiary/aromatic N) is 1. The van der Waals surface area contributed by atoms with Gasteiger partial charge in [0, 0.05) is 17.6 Å². The van der Waals surface area contributed by atoms with Crippen molar-refractivity contribution in [3.05, 3.63) is 22.3 Å². The SMILES string of the molecule is Nc1ncc(CCl)c(C(F)F)c1Cl. The van der Waals surface area contributed by atoms with E-state index in [0.717, 1.165) is 0 Å². The summed E-state index contributed by atoms with van der Waals surface area (Å²) in [7, 11) is 0. The van der Waals surface area contributed by atoms with Crippen LogP contribution in [0.5, 0.6) is 0 Å². The van der Waals surface area contributed by atoms with Crippen LogP contribution in [-0.4, -0.2) is 4.98 Å². The molecule has 0 spiro atoms. The van der Waals surface area contributed by atoms with Gasteiger partial charge >= 0.3 is 0 Å². The minimum Gasteiger partial charge on any atom is -0.382 e. The standard InChI is InChI=1S/C7H6Cl2F2N2/c8-1-3-2-13-7(12)5(9)4(3)6(10)11/h2,6H,1H2,(H2,12,13). The van der Waals surface area contributed by atoms with Gasteiger partial charge in [-0.1, -0.05) is 11.6 Å². The first kappa shape index (κ1) is 10.5. The van der Waals surface area contributed by atoms with Crippen LogP contribution in [0.1, 0.15) is 17.6 Å². The molecule has 0 unspecified atom stereocenters. The van der Waals surface area contributed by atoms with Crippen LogP contribution in [0.4, 0.5) is 14.6 Å². The number of pyridine rings is 1. The lowest BCUT2D eigenvalue weighted by atomic mass is 10.1. The zero-order valence-electron chi connectivity index (χ0n) is 6.40. The Morgan fingerprint density at radius 2 is 2.15 bits per heavy atom. The van der Waals surface area contributed by atoms with Crippen LogP contribution in [0.15, 0.2) is 6.20 Å². The van der Waals surface area contributed by atoms with Gasteiger partial charge in [0.1, 0.15) is 5.82 Å². The molecule has 6 heteroatoms. The van der Waals surface area contributed by atoms with Crippen LogP contribution in [0, 0.1) is 0 Å². The number of rotatable bonds is 2. The molecular formula is C7H6Cl2F2N2. The zero-order chi connectivity index (χ0) is 10.0. The zero-order valence-corrected chi connectivity index (χ0v) is 7.91. The van der Waals surface area contributed by atoms with E-state index in [1.807, 2.05) is 0 Å². The summed E-state index contributed by atoms with van der Waals surface area (Å²) in [6.45, 7) is 0. The molecule has 1 rings (SSSR count). The first-order chi connectivity index (χ1) is 6.07. The Kier molecular flexibility index (Phi) is 3.27. The molecule has 0 bridgehead atoms. The highest BCUT2D eigenvalue weighted by Crippen LogP contribution is 2.33. The molecule has 0 aromatic carbocycles. The van der Waals surface area contributed by atoms with E-state index in [9.17, 15) is 8.78 Å². The highest BCUT2D eigenvalue weighted by atomic mass is 35.5. The van der Waals surface area contributed by atoms with E-state index in [1.54, 1.807) is 0 Å². The van der Waals surface area contributed by atoms with Gasteiger partial charge in [0.05, 0.1) is 5.02 Å². The van der Waals surface area contributed by atoms with Gasteiger partial charge in [0.2, 0.25) is 0 Å². The Morgan fingerprint density at radius 1 is 1.54 bits per heavy atom. The summed E-state index contributed by atoms with van der Waals surface area (Å²) in [5.74, 6) is -0.169. The van der Waals surface area contributed by atoms with Crippen molar-refractivity contribution in [1.82, 2.24) is 4.98 Å². The molecular weight excluding hydrogens is 221 g/mol. The average molecular weight is 227 g/mol. The fraction of sp³-hybridized carbons (Fsp3) is 0.286. The molecule has 0 saturated carbocycles. The van der Waals surface area contributed by atoms with Gasteiger partial charge in [0.15, 0.2) is 0 Å². The predicted molar refractivity (Wildman–Crippen MR) is 48.2 cm³/mol. The van der Waals surface area contributed by atoms with Crippen LogP contribution in [0.2, 0.25) is 5.02 Å². The second-order valence-corrected chi connectivity index (χ2v) is 2.98. The number of anilines is 1. The maximum atomic E-state index is 12.4. The highest BCUT2D eigenvalue weighted by Gasteiger charge is 2.19. The fourth-order valence-electron chi connectivity index (χ4n) is 0.895. The van der Waals surface area contributed by atoms with Crippen molar-refractivity contribution in [2.75, 3.05) is 5.73 Å². The minimum atomic E-state index is -2.69. The molecule has 2 nitrogen and oxygen atoms in total. The fourth-order valence-corrected chi connectivity index (χ4v) is 1.36. The maximum Gasteiger partial charge on any atom is 0.265 e. The summed E-state index contributed by atoms with van der Waals surface area (Å²) >= 11 is 11.0. The molecule has 0 aliphatic heterocycles. The van der Waals surface area contributed by atoms with Crippen molar-refractivity contribution >= 4 is 29.0 Å². The van der Waals surface area contributed by atoms with E-state index >= 15 is 0 Å². The molecule has 72 valence electrons. The Labute approximate surface area is 83.7 Å². The number of halogens is 4. The third-order valence-corrected chi connectivity index (χ3v) is 2.21. The molecule has 0 radical (unpaired) electrons. The van der Waals surface area contributed by atoms with Crippen molar-refractivity contribution in [3.63, 3.8) is 0 Å². The third-order valence-electron chi connectivity index (χ3n) is 1.53. The number of nitrogen functional groups attached to an aromatic ring is 1. The summed E-state index contributed by atoms with van der Waals surface area (Å²) in [6, 6.07) is 0. The molecule has 0 amide bonds. The molecule has 1 heterocycles. The quantitative estimate of drug-likeness (QED) is 0.788. The smallest absolute Gasteiger partial charge is 0.265 e. The summed E-state index contributed by atoms with van der Waals surface area (Å²) in [4.78, 5) is 3.62. The summed E-state index contributed by atoms with van der Waals surface area (Å²) in [5, 5.41) is -0.215. The number of hydrogen-bond acceptors (Lipinski definition) is 2. The van der Waals surface area contributed by atoms with Gasteiger partial charge in [-0.25, -0.2) is 13.8 Å². The number of nitrogens with two attached hydrogens (primary N) is 1. The van der Waals surface area contributed by atoms with Crippen molar-refractivity contribution in [1.29, 1.82) is 0 Å². The van der Waals surface area contributed by atoms with Crippen molar-refractivity contribution in [2.24, 2.45) is 0 Å². The van der Waals surface area contributed by atoms with E-state index < -0.39 is 6.43 Å². The topological polar surface area (TPSA) is 38.9 Å². The number of hydrogen-bond donors (Lipinski definition) is 1. The second-order valence-electron chi connectivity index (χ2n) is 2.33. The van der Waals surface area contributed by atoms with E-state index in [-0.39, 0.29) is 27.8 Å². The molecule has 0 saturated heterocycles. The number of aromatic nitrogens is 1. The van der Waals surface area contributed by atoms with E-state index in [2.05, 4.69) is 4.98 Å². The lowest BCUT2D eigenvalue weighted by Crippen LogP contribution is -2.00. The molecule has 1 aromatic heterocycles. The van der Waals surface area contributed by atoms with Crippen molar-refractivity contribution in [2.45, 2.75) is 12.3 Å². The summed E-state index contributed by atoms with van der Waals surface area (Å²) < 4.78 is 24.9. The molecule has 2 N–H and O–H groups in total. The second kappa shape index (κ2) is 4.07. The lowest BCUT2D eigenvalue weighted by Gasteiger charge is -2.09. The Morgan fingerprint density at radius 3 is 2.62 bits per heavy atom. The van der Waals surface area contributed by atoms with Gasteiger partial charge in [-0.3, -0.25) is 0 Å². The Balaban J connectivity index is 3.32. The van der Waals surface area contributed by atoms with Crippen LogP contribution in [0.3, 0.4) is 0 Å². The third kappa shape index (κ3) is 2.00. The van der Waals surface area contributed by atoms with Crippen LogP contribution in [-0.2, 0) is 5.88 Å². The molecule has 0 atom stereocenters. The van der Waals surface area contributed by atoms with E-state index in [4.69, 9.17) is 28.9 Å². The van der Waals surface area contributed by atoms with Gasteiger partial charge in [-0.2, -0.15) is 0 Å². The van der Waals surface area contributed by atoms with Gasteiger partial charge in [0.25, 0.3) is 6.43 Å². The molecule has 0 aliphatic carbocycles. The Hall–Kier alpha value is -0.610. The monoisotopic (exact) mass is 226 g/mol. The maximum absolute atomic E-state index is 12.4. The largest absolute Gasteiger partial charge is 0.382 e. The van der Waals surface area contributed by atoms with Crippen molar-refractivity contribution < 1.29 is 8.78 Å². The predicted octanol–water partition coefficient (Wildman–Crippen LogP) is 2.99. The first-order valence-corrected chi connectivity index (χ1v) is 4.26. The lowest BCUT2D eigenvalue weighted by molar-refractivity contribution is 0.150. The average Bonchev–Trinajstić information content (AvgIpc) is 2.08. The van der Waals surface area contributed by atoms with Crippen LogP contribution in [0.25, 0.3) is 0 Å². The molecule has 1 aromatic rings. The van der Waals surface area contributed by atoms with E-state index in [1.165, 1.54) is 6.20 Å². The van der Waals surface area contributed by atoms with Gasteiger partial charge in [-0.05, 0) is 5.56 Å². The molecule has 0 fully saturated rings. The van der Waals surface area contributed by atoms with Crippen molar-refractivity contribution in [3.8, 4) is 0 Å². The highest BCUT2D eigenvalue weighted by molar-refractivity contribution is 6.33. The Bertz CT molecular complexity index is 318. The van der Waals surface area contributed by atoms with Gasteiger partial charge < -0.3 is 5.73 Å². The molecule has 0 aliphatic rings. The summed E-state index contributed by atoms with van der Waals surface area (Å²) in [5.41, 5.74) is 5.14. The summed E-state index contributed by atoms with van der Waals surface area (Å²) in [6.07, 6.45) is -1.48. The normalized spacial score (nSPS) is 10.8.